The van der Waals surface area contributed by atoms with Gasteiger partial charge in [-0.25, -0.2) is 4.79 Å². The van der Waals surface area contributed by atoms with Crippen LogP contribution in [0, 0.1) is 0 Å². The number of nitrogens with zero attached hydrogens (tertiary/aromatic N) is 1. The van der Waals surface area contributed by atoms with Gasteiger partial charge in [-0.15, -0.1) is 0 Å². The van der Waals surface area contributed by atoms with Crippen molar-refractivity contribution in [3.05, 3.63) is 0 Å². The number of methoxy groups -OCH3 is 1. The van der Waals surface area contributed by atoms with Gasteiger partial charge in [0.1, 0.15) is 6.21 Å². The van der Waals surface area contributed by atoms with E-state index in [9.17, 15) is 4.79 Å². The number of aliphatic imine (C=N–C) groups is 1. The monoisotopic (exact) mass is 203 g/mol. The summed E-state index contributed by atoms with van der Waals surface area (Å²) in [6.45, 7) is 4.18. The standard InChI is InChI=1S/C9H17NO4/c1-3-14-9(11)8-10-4-5-13-7-6-12-2/h8H,3-7H2,1-2H3. The topological polar surface area (TPSA) is 57.1 Å². The zero-order valence-corrected chi connectivity index (χ0v) is 8.69. The molecular weight excluding hydrogens is 186 g/mol. The first-order chi connectivity index (χ1) is 6.81. The van der Waals surface area contributed by atoms with E-state index in [0.717, 1.165) is 0 Å². The number of carbonyl (C=O) groups excluding carboxylic acids is 1. The molecule has 0 aromatic rings. The molecule has 5 nitrogen and oxygen atoms in total. The summed E-state index contributed by atoms with van der Waals surface area (Å²) in [5.41, 5.74) is 0. The molecule has 5 heteroatoms. The predicted octanol–water partition coefficient (Wildman–Crippen LogP) is 0.283. The Morgan fingerprint density at radius 1 is 1.36 bits per heavy atom. The van der Waals surface area contributed by atoms with Gasteiger partial charge in [0.25, 0.3) is 0 Å². The zero-order chi connectivity index (χ0) is 10.6. The summed E-state index contributed by atoms with van der Waals surface area (Å²) in [6, 6.07) is 0. The van der Waals surface area contributed by atoms with Crippen molar-refractivity contribution in [1.29, 1.82) is 0 Å². The minimum absolute atomic E-state index is 0.370. The van der Waals surface area contributed by atoms with E-state index in [-0.39, 0.29) is 0 Å². The molecule has 0 spiro atoms. The van der Waals surface area contributed by atoms with E-state index in [0.29, 0.717) is 33.0 Å². The van der Waals surface area contributed by atoms with Gasteiger partial charge in [0.05, 0.1) is 33.0 Å². The van der Waals surface area contributed by atoms with E-state index in [1.54, 1.807) is 14.0 Å². The molecule has 0 radical (unpaired) electrons. The highest BCUT2D eigenvalue weighted by atomic mass is 16.5. The van der Waals surface area contributed by atoms with Crippen LogP contribution < -0.4 is 0 Å². The average molecular weight is 203 g/mol. The van der Waals surface area contributed by atoms with Crippen molar-refractivity contribution in [2.75, 3.05) is 40.1 Å². The summed E-state index contributed by atoms with van der Waals surface area (Å²) in [4.78, 5) is 14.6. The maximum atomic E-state index is 10.7. The van der Waals surface area contributed by atoms with Crippen molar-refractivity contribution in [3.63, 3.8) is 0 Å². The van der Waals surface area contributed by atoms with Crippen molar-refractivity contribution in [2.24, 2.45) is 4.99 Å². The lowest BCUT2D eigenvalue weighted by Crippen LogP contribution is -2.08. The van der Waals surface area contributed by atoms with Crippen LogP contribution in [-0.4, -0.2) is 52.3 Å². The largest absolute Gasteiger partial charge is 0.462 e. The third-order valence-corrected chi connectivity index (χ3v) is 1.28. The highest BCUT2D eigenvalue weighted by Crippen LogP contribution is 1.79. The number of ether oxygens (including phenoxy) is 3. The number of hydrogen-bond acceptors (Lipinski definition) is 5. The lowest BCUT2D eigenvalue weighted by molar-refractivity contribution is -0.134. The summed E-state index contributed by atoms with van der Waals surface area (Å²) in [6.07, 6.45) is 1.17. The zero-order valence-electron chi connectivity index (χ0n) is 8.69. The van der Waals surface area contributed by atoms with Crippen LogP contribution in [0.3, 0.4) is 0 Å². The molecule has 14 heavy (non-hydrogen) atoms. The third-order valence-electron chi connectivity index (χ3n) is 1.28. The first-order valence-corrected chi connectivity index (χ1v) is 4.54. The van der Waals surface area contributed by atoms with Crippen molar-refractivity contribution in [1.82, 2.24) is 0 Å². The molecule has 0 saturated heterocycles. The van der Waals surface area contributed by atoms with Gasteiger partial charge in [0.2, 0.25) is 0 Å². The van der Waals surface area contributed by atoms with Gasteiger partial charge in [-0.1, -0.05) is 0 Å². The molecule has 0 heterocycles. The molecule has 0 aliphatic heterocycles. The van der Waals surface area contributed by atoms with E-state index in [1.165, 1.54) is 6.21 Å². The summed E-state index contributed by atoms with van der Waals surface area (Å²) in [7, 11) is 1.61. The Balaban J connectivity index is 3.22. The lowest BCUT2D eigenvalue weighted by Gasteiger charge is -1.99. The SMILES string of the molecule is CCOC(=O)C=NCCOCCOC. The van der Waals surface area contributed by atoms with Crippen molar-refractivity contribution in [3.8, 4) is 0 Å². The second-order valence-electron chi connectivity index (χ2n) is 2.39. The average Bonchev–Trinajstić information content (AvgIpc) is 2.17. The summed E-state index contributed by atoms with van der Waals surface area (Å²) in [5, 5.41) is 0. The van der Waals surface area contributed by atoms with Gasteiger partial charge in [0, 0.05) is 7.11 Å². The molecular formula is C9H17NO4. The fourth-order valence-corrected chi connectivity index (χ4v) is 0.680. The predicted molar refractivity (Wildman–Crippen MR) is 52.7 cm³/mol. The molecule has 0 N–H and O–H groups in total. The molecule has 0 saturated carbocycles. The number of carbonyl (C=O) groups is 1. The van der Waals surface area contributed by atoms with Crippen LogP contribution in [0.25, 0.3) is 0 Å². The Labute approximate surface area is 84.1 Å². The second kappa shape index (κ2) is 10.1. The van der Waals surface area contributed by atoms with Gasteiger partial charge < -0.3 is 14.2 Å². The van der Waals surface area contributed by atoms with E-state index < -0.39 is 5.97 Å². The van der Waals surface area contributed by atoms with Crippen LogP contribution >= 0.6 is 0 Å². The van der Waals surface area contributed by atoms with Crippen molar-refractivity contribution < 1.29 is 19.0 Å². The van der Waals surface area contributed by atoms with Crippen LogP contribution in [0.5, 0.6) is 0 Å². The molecule has 82 valence electrons. The Morgan fingerprint density at radius 2 is 2.14 bits per heavy atom. The molecule has 0 aromatic heterocycles. The van der Waals surface area contributed by atoms with Crippen molar-refractivity contribution >= 4 is 12.2 Å². The first kappa shape index (κ1) is 13.1. The summed E-state index contributed by atoms with van der Waals surface area (Å²) >= 11 is 0. The molecule has 0 aliphatic carbocycles. The Hall–Kier alpha value is -0.940. The lowest BCUT2D eigenvalue weighted by atomic mass is 10.6. The van der Waals surface area contributed by atoms with E-state index in [4.69, 9.17) is 9.47 Å². The molecule has 0 amide bonds. The molecule has 0 atom stereocenters. The van der Waals surface area contributed by atoms with E-state index >= 15 is 0 Å². The maximum absolute atomic E-state index is 10.7. The Kier molecular flexibility index (Phi) is 9.46. The molecule has 0 rings (SSSR count). The quantitative estimate of drug-likeness (QED) is 0.323. The maximum Gasteiger partial charge on any atom is 0.348 e. The van der Waals surface area contributed by atoms with Crippen LogP contribution in [0.2, 0.25) is 0 Å². The van der Waals surface area contributed by atoms with Gasteiger partial charge in [-0.05, 0) is 6.92 Å². The fourth-order valence-electron chi connectivity index (χ4n) is 0.680. The number of hydrogen-bond donors (Lipinski definition) is 0. The highest BCUT2D eigenvalue weighted by molar-refractivity contribution is 6.23. The first-order valence-electron chi connectivity index (χ1n) is 4.54. The highest BCUT2D eigenvalue weighted by Gasteiger charge is 1.93. The van der Waals surface area contributed by atoms with Crippen LogP contribution in [0.4, 0.5) is 0 Å². The number of esters is 1. The normalized spacial score (nSPS) is 10.7. The fraction of sp³-hybridized carbons (Fsp3) is 0.778. The minimum atomic E-state index is -0.413. The smallest absolute Gasteiger partial charge is 0.348 e. The van der Waals surface area contributed by atoms with Crippen LogP contribution in [-0.2, 0) is 19.0 Å². The van der Waals surface area contributed by atoms with Gasteiger partial charge >= 0.3 is 5.97 Å². The Bertz CT molecular complexity index is 170. The molecule has 0 unspecified atom stereocenters. The van der Waals surface area contributed by atoms with Crippen molar-refractivity contribution in [2.45, 2.75) is 6.92 Å². The number of rotatable bonds is 8. The van der Waals surface area contributed by atoms with Crippen LogP contribution in [0.1, 0.15) is 6.92 Å². The van der Waals surface area contributed by atoms with E-state index in [1.807, 2.05) is 0 Å². The van der Waals surface area contributed by atoms with Gasteiger partial charge in [0.15, 0.2) is 0 Å². The molecule has 0 aromatic carbocycles. The molecule has 0 aliphatic rings. The second-order valence-corrected chi connectivity index (χ2v) is 2.39. The third kappa shape index (κ3) is 9.15. The summed E-state index contributed by atoms with van der Waals surface area (Å²) in [5.74, 6) is -0.413. The molecule has 0 fully saturated rings. The van der Waals surface area contributed by atoms with Crippen LogP contribution in [0.15, 0.2) is 4.99 Å². The molecule has 0 bridgehead atoms. The minimum Gasteiger partial charge on any atom is -0.462 e. The Morgan fingerprint density at radius 3 is 2.79 bits per heavy atom. The van der Waals surface area contributed by atoms with Gasteiger partial charge in [-0.3, -0.25) is 4.99 Å². The van der Waals surface area contributed by atoms with Gasteiger partial charge in [-0.2, -0.15) is 0 Å². The van der Waals surface area contributed by atoms with E-state index in [2.05, 4.69) is 9.73 Å². The summed E-state index contributed by atoms with van der Waals surface area (Å²) < 4.78 is 14.5.